The van der Waals surface area contributed by atoms with Gasteiger partial charge in [-0.2, -0.15) is 4.31 Å². The Bertz CT molecular complexity index is 977. The molecule has 2 heterocycles. The molecule has 28 heavy (non-hydrogen) atoms. The van der Waals surface area contributed by atoms with Crippen LogP contribution in [0.3, 0.4) is 0 Å². The average molecular weight is 422 g/mol. The fourth-order valence-corrected chi connectivity index (χ4v) is 5.37. The van der Waals surface area contributed by atoms with Crippen LogP contribution in [0.1, 0.15) is 30.5 Å². The summed E-state index contributed by atoms with van der Waals surface area (Å²) in [4.78, 5) is 16.4. The van der Waals surface area contributed by atoms with Gasteiger partial charge in [-0.1, -0.05) is 12.5 Å². The van der Waals surface area contributed by atoms with Crippen molar-refractivity contribution in [2.45, 2.75) is 31.1 Å². The molecule has 2 aromatic rings. The first-order valence-corrected chi connectivity index (χ1v) is 11.3. The van der Waals surface area contributed by atoms with Gasteiger partial charge in [-0.15, -0.1) is 11.3 Å². The van der Waals surface area contributed by atoms with Crippen molar-refractivity contribution in [1.82, 2.24) is 9.29 Å². The van der Waals surface area contributed by atoms with Crippen molar-refractivity contribution in [3.63, 3.8) is 0 Å². The Labute approximate surface area is 169 Å². The minimum absolute atomic E-state index is 0.120. The van der Waals surface area contributed by atoms with Gasteiger partial charge in [-0.3, -0.25) is 10.1 Å². The number of aryl methyl sites for hydroxylation is 1. The molecule has 0 unspecified atom stereocenters. The third-order valence-corrected chi connectivity index (χ3v) is 7.19. The van der Waals surface area contributed by atoms with Crippen molar-refractivity contribution < 1.29 is 17.9 Å². The van der Waals surface area contributed by atoms with E-state index < -0.39 is 10.0 Å². The van der Waals surface area contributed by atoms with E-state index >= 15 is 0 Å². The summed E-state index contributed by atoms with van der Waals surface area (Å²) in [5.41, 5.74) is 1.44. The fraction of sp³-hybridized carbons (Fsp3) is 0.368. The molecule has 3 rings (SSSR count). The minimum atomic E-state index is -3.65. The van der Waals surface area contributed by atoms with Crippen LogP contribution in [-0.2, 0) is 14.8 Å². The Morgan fingerprint density at radius 1 is 1.29 bits per heavy atom. The van der Waals surface area contributed by atoms with Crippen LogP contribution in [-0.4, -0.2) is 43.8 Å². The Hall–Kier alpha value is -2.23. The van der Waals surface area contributed by atoms with Crippen molar-refractivity contribution in [3.8, 4) is 5.75 Å². The second-order valence-electron chi connectivity index (χ2n) is 6.49. The number of amides is 1. The molecule has 1 aromatic heterocycles. The molecule has 1 aliphatic rings. The number of methoxy groups -OCH3 is 1. The van der Waals surface area contributed by atoms with Gasteiger partial charge in [-0.05, 0) is 43.5 Å². The molecular weight excluding hydrogens is 398 g/mol. The molecule has 0 bridgehead atoms. The van der Waals surface area contributed by atoms with Gasteiger partial charge in [0.15, 0.2) is 5.13 Å². The Morgan fingerprint density at radius 3 is 2.68 bits per heavy atom. The second kappa shape index (κ2) is 8.85. The first-order valence-electron chi connectivity index (χ1n) is 8.99. The van der Waals surface area contributed by atoms with Crippen molar-refractivity contribution in [2.24, 2.45) is 0 Å². The van der Waals surface area contributed by atoms with Crippen LogP contribution >= 0.6 is 11.3 Å². The predicted octanol–water partition coefficient (Wildman–Crippen LogP) is 3.29. The van der Waals surface area contributed by atoms with E-state index in [2.05, 4.69) is 10.3 Å². The number of sulfonamides is 1. The summed E-state index contributed by atoms with van der Waals surface area (Å²) in [5, 5.41) is 5.05. The standard InChI is InChI=1S/C19H23N3O4S2/c1-14-13-27-19(20-14)21-18(23)9-7-15-6-8-16(26-2)17(12-15)28(24,25)22-10-4-3-5-11-22/h6-9,12-13H,3-5,10-11H2,1-2H3,(H,20,21,23)/b9-7+. The van der Waals surface area contributed by atoms with Crippen molar-refractivity contribution in [2.75, 3.05) is 25.5 Å². The van der Waals surface area contributed by atoms with Gasteiger partial charge < -0.3 is 4.74 Å². The lowest BCUT2D eigenvalue weighted by molar-refractivity contribution is -0.111. The topological polar surface area (TPSA) is 88.6 Å². The van der Waals surface area contributed by atoms with Gasteiger partial charge in [-0.25, -0.2) is 13.4 Å². The van der Waals surface area contributed by atoms with Crippen LogP contribution < -0.4 is 10.1 Å². The van der Waals surface area contributed by atoms with E-state index in [4.69, 9.17) is 4.74 Å². The first kappa shape index (κ1) is 20.5. The van der Waals surface area contributed by atoms with Gasteiger partial charge in [0.05, 0.1) is 12.8 Å². The average Bonchev–Trinajstić information content (AvgIpc) is 3.11. The molecule has 7 nitrogen and oxygen atoms in total. The highest BCUT2D eigenvalue weighted by molar-refractivity contribution is 7.89. The van der Waals surface area contributed by atoms with Crippen molar-refractivity contribution >= 4 is 38.5 Å². The van der Waals surface area contributed by atoms with Crippen LogP contribution in [0.4, 0.5) is 5.13 Å². The molecule has 0 aliphatic carbocycles. The third-order valence-electron chi connectivity index (χ3n) is 4.40. The SMILES string of the molecule is COc1ccc(/C=C/C(=O)Nc2nc(C)cs2)cc1S(=O)(=O)N1CCCCC1. The molecule has 1 N–H and O–H groups in total. The highest BCUT2D eigenvalue weighted by atomic mass is 32.2. The lowest BCUT2D eigenvalue weighted by Crippen LogP contribution is -2.35. The van der Waals surface area contributed by atoms with E-state index in [9.17, 15) is 13.2 Å². The number of rotatable bonds is 6. The molecule has 9 heteroatoms. The molecule has 1 fully saturated rings. The van der Waals surface area contributed by atoms with Gasteiger partial charge in [0.2, 0.25) is 15.9 Å². The summed E-state index contributed by atoms with van der Waals surface area (Å²) in [5.74, 6) is -0.0314. The highest BCUT2D eigenvalue weighted by Gasteiger charge is 2.28. The normalized spacial score (nSPS) is 15.6. The summed E-state index contributed by atoms with van der Waals surface area (Å²) in [6.07, 6.45) is 5.69. The number of anilines is 1. The fourth-order valence-electron chi connectivity index (χ4n) is 2.97. The number of piperidine rings is 1. The number of hydrogen-bond donors (Lipinski definition) is 1. The van der Waals surface area contributed by atoms with Gasteiger partial charge >= 0.3 is 0 Å². The van der Waals surface area contributed by atoms with E-state index in [1.165, 1.54) is 28.8 Å². The Morgan fingerprint density at radius 2 is 2.04 bits per heavy atom. The number of benzene rings is 1. The van der Waals surface area contributed by atoms with Crippen LogP contribution in [0.15, 0.2) is 34.6 Å². The number of nitrogens with one attached hydrogen (secondary N) is 1. The molecule has 1 aliphatic heterocycles. The molecular formula is C19H23N3O4S2. The summed E-state index contributed by atoms with van der Waals surface area (Å²) in [7, 11) is -2.20. The smallest absolute Gasteiger partial charge is 0.250 e. The van der Waals surface area contributed by atoms with Crippen LogP contribution in [0, 0.1) is 6.92 Å². The Balaban J connectivity index is 1.81. The lowest BCUT2D eigenvalue weighted by atomic mass is 10.2. The van der Waals surface area contributed by atoms with Gasteiger partial charge in [0, 0.05) is 24.5 Å². The number of carbonyl (C=O) groups is 1. The monoisotopic (exact) mass is 421 g/mol. The van der Waals surface area contributed by atoms with Crippen LogP contribution in [0.25, 0.3) is 6.08 Å². The lowest BCUT2D eigenvalue weighted by Gasteiger charge is -2.26. The quantitative estimate of drug-likeness (QED) is 0.723. The number of nitrogens with zero attached hydrogens (tertiary/aromatic N) is 2. The minimum Gasteiger partial charge on any atom is -0.495 e. The van der Waals surface area contributed by atoms with E-state index in [1.54, 1.807) is 24.3 Å². The van der Waals surface area contributed by atoms with Crippen LogP contribution in [0.5, 0.6) is 5.75 Å². The molecule has 0 atom stereocenters. The van der Waals surface area contributed by atoms with Crippen molar-refractivity contribution in [3.05, 3.63) is 40.9 Å². The van der Waals surface area contributed by atoms with Crippen LogP contribution in [0.2, 0.25) is 0 Å². The maximum Gasteiger partial charge on any atom is 0.250 e. The summed E-state index contributed by atoms with van der Waals surface area (Å²) in [6.45, 7) is 2.88. The van der Waals surface area contributed by atoms with Crippen molar-refractivity contribution in [1.29, 1.82) is 0 Å². The summed E-state index contributed by atoms with van der Waals surface area (Å²) in [6, 6.07) is 4.87. The maximum atomic E-state index is 13.0. The Kier molecular flexibility index (Phi) is 6.48. The zero-order valence-electron chi connectivity index (χ0n) is 15.8. The first-order chi connectivity index (χ1) is 13.4. The number of thiazole rings is 1. The van der Waals surface area contributed by atoms with Gasteiger partial charge in [0.1, 0.15) is 10.6 Å². The summed E-state index contributed by atoms with van der Waals surface area (Å²) >= 11 is 1.35. The number of carbonyl (C=O) groups excluding carboxylic acids is 1. The molecule has 0 saturated carbocycles. The molecule has 1 saturated heterocycles. The molecule has 1 aromatic carbocycles. The van der Waals surface area contributed by atoms with E-state index in [1.807, 2.05) is 12.3 Å². The zero-order valence-corrected chi connectivity index (χ0v) is 17.5. The van der Waals surface area contributed by atoms with E-state index in [0.29, 0.717) is 29.5 Å². The molecule has 1 amide bonds. The molecule has 150 valence electrons. The highest BCUT2D eigenvalue weighted by Crippen LogP contribution is 2.30. The second-order valence-corrected chi connectivity index (χ2v) is 9.26. The number of ether oxygens (including phenoxy) is 1. The van der Waals surface area contributed by atoms with Gasteiger partial charge in [0.25, 0.3) is 0 Å². The van der Waals surface area contributed by atoms with E-state index in [0.717, 1.165) is 25.0 Å². The third kappa shape index (κ3) is 4.78. The number of aromatic nitrogens is 1. The molecule has 0 spiro atoms. The predicted molar refractivity (Wildman–Crippen MR) is 110 cm³/mol. The maximum absolute atomic E-state index is 13.0. The largest absolute Gasteiger partial charge is 0.495 e. The zero-order chi connectivity index (χ0) is 20.1. The molecule has 0 radical (unpaired) electrons. The van der Waals surface area contributed by atoms with E-state index in [-0.39, 0.29) is 10.8 Å². The number of hydrogen-bond acceptors (Lipinski definition) is 6. The summed E-state index contributed by atoms with van der Waals surface area (Å²) < 4.78 is 32.8.